The van der Waals surface area contributed by atoms with Gasteiger partial charge in [-0.3, -0.25) is 33.7 Å². The number of aliphatic hydroxyl groups is 2. The van der Waals surface area contributed by atoms with Gasteiger partial charge in [0, 0.05) is 38.3 Å². The highest BCUT2D eigenvalue weighted by atomic mass is 16.7. The summed E-state index contributed by atoms with van der Waals surface area (Å²) in [5.74, 6) is -5.51. The average Bonchev–Trinajstić information content (AvgIpc) is 3.50. The van der Waals surface area contributed by atoms with Gasteiger partial charge in [0.05, 0.1) is 23.3 Å². The molecule has 0 saturated heterocycles. The summed E-state index contributed by atoms with van der Waals surface area (Å²) >= 11 is 0. The number of carboxylic acid groups (broad SMARTS) is 1. The van der Waals surface area contributed by atoms with Crippen molar-refractivity contribution in [3.8, 4) is 5.75 Å². The van der Waals surface area contributed by atoms with E-state index in [0.29, 0.717) is 30.5 Å². The molecule has 0 aliphatic carbocycles. The molecule has 5 atom stereocenters. The predicted molar refractivity (Wildman–Crippen MR) is 217 cm³/mol. The van der Waals surface area contributed by atoms with Crippen LogP contribution in [-0.4, -0.2) is 138 Å². The van der Waals surface area contributed by atoms with Gasteiger partial charge < -0.3 is 61.3 Å². The van der Waals surface area contributed by atoms with E-state index in [2.05, 4.69) is 21.3 Å². The molecule has 0 spiro atoms. The van der Waals surface area contributed by atoms with Crippen LogP contribution in [0.2, 0.25) is 0 Å². The van der Waals surface area contributed by atoms with Gasteiger partial charge in [-0.05, 0) is 84.1 Å². The monoisotopic (exact) mass is 844 g/mol. The summed E-state index contributed by atoms with van der Waals surface area (Å²) in [6.45, 7) is 9.57. The fourth-order valence-electron chi connectivity index (χ4n) is 5.69. The van der Waals surface area contributed by atoms with Crippen LogP contribution < -0.4 is 31.7 Å². The molecule has 0 saturated carbocycles. The van der Waals surface area contributed by atoms with Crippen LogP contribution >= 0.6 is 0 Å². The van der Waals surface area contributed by atoms with E-state index in [1.807, 2.05) is 20.8 Å². The molecular formula is C39H57BN6O14. The maximum Gasteiger partial charge on any atom is 0.371 e. The number of hydrogen-bond donors (Lipinski definition) is 8. The van der Waals surface area contributed by atoms with Crippen LogP contribution in [0.15, 0.2) is 42.2 Å². The van der Waals surface area contributed by atoms with Crippen molar-refractivity contribution in [1.29, 1.82) is 0 Å². The number of nitrogens with two attached hydrogens (primary N) is 1. The second-order valence-corrected chi connectivity index (χ2v) is 15.8. The van der Waals surface area contributed by atoms with E-state index in [1.54, 1.807) is 26.0 Å². The minimum absolute atomic E-state index is 0.0843. The topological polar surface area (TPSA) is 294 Å². The van der Waals surface area contributed by atoms with Crippen LogP contribution in [0, 0.1) is 5.41 Å². The zero-order chi connectivity index (χ0) is 44.8. The first-order valence-corrected chi connectivity index (χ1v) is 19.5. The fraction of sp³-hybridized carbons (Fsp3) is 0.564. The van der Waals surface area contributed by atoms with E-state index in [4.69, 9.17) is 24.7 Å². The maximum absolute atomic E-state index is 13.5. The molecule has 330 valence electrons. The van der Waals surface area contributed by atoms with Crippen molar-refractivity contribution < 1.29 is 67.8 Å². The molecule has 0 radical (unpaired) electrons. The number of amides is 5. The van der Waals surface area contributed by atoms with Crippen LogP contribution in [0.5, 0.6) is 5.75 Å². The minimum atomic E-state index is -1.64. The highest BCUT2D eigenvalue weighted by Gasteiger charge is 2.38. The lowest BCUT2D eigenvalue weighted by Crippen LogP contribution is -2.57. The fourth-order valence-corrected chi connectivity index (χ4v) is 5.69. The van der Waals surface area contributed by atoms with Gasteiger partial charge in [0.1, 0.15) is 30.5 Å². The zero-order valence-corrected chi connectivity index (χ0v) is 34.8. The molecule has 2 aliphatic heterocycles. The van der Waals surface area contributed by atoms with Crippen LogP contribution in [0.25, 0.3) is 0 Å². The Morgan fingerprint density at radius 3 is 2.23 bits per heavy atom. The van der Waals surface area contributed by atoms with Crippen molar-refractivity contribution in [1.82, 2.24) is 20.9 Å². The Bertz CT molecular complexity index is 1780. The van der Waals surface area contributed by atoms with Gasteiger partial charge in [-0.15, -0.1) is 0 Å². The number of nitrogens with zero attached hydrogens (tertiary/aromatic N) is 1. The van der Waals surface area contributed by atoms with Gasteiger partial charge in [0.15, 0.2) is 6.10 Å². The predicted octanol–water partition coefficient (Wildman–Crippen LogP) is -0.835. The van der Waals surface area contributed by atoms with Crippen molar-refractivity contribution in [2.24, 2.45) is 11.1 Å². The number of carbonyl (C=O) groups is 7. The summed E-state index contributed by atoms with van der Waals surface area (Å²) < 4.78 is 21.9. The quantitative estimate of drug-likeness (QED) is 0.0379. The third-order valence-electron chi connectivity index (χ3n) is 9.10. The molecular weight excluding hydrogens is 787 g/mol. The van der Waals surface area contributed by atoms with Gasteiger partial charge >= 0.3 is 5.97 Å². The van der Waals surface area contributed by atoms with E-state index in [-0.39, 0.29) is 57.5 Å². The first-order chi connectivity index (χ1) is 28.1. The Morgan fingerprint density at radius 2 is 1.62 bits per heavy atom. The smallest absolute Gasteiger partial charge is 0.371 e. The maximum atomic E-state index is 13.5. The molecule has 2 heterocycles. The number of nitrogens with one attached hydrogen (secondary N) is 4. The summed E-state index contributed by atoms with van der Waals surface area (Å²) in [5.41, 5.74) is 5.44. The summed E-state index contributed by atoms with van der Waals surface area (Å²) in [7, 11) is 1.25. The third kappa shape index (κ3) is 14.9. The summed E-state index contributed by atoms with van der Waals surface area (Å²) in [6.07, 6.45) is -0.648. The average molecular weight is 845 g/mol. The minimum Gasteiger partial charge on any atom is -0.475 e. The molecule has 0 bridgehead atoms. The van der Waals surface area contributed by atoms with Crippen molar-refractivity contribution in [2.75, 3.05) is 38.1 Å². The first-order valence-electron chi connectivity index (χ1n) is 19.5. The van der Waals surface area contributed by atoms with E-state index >= 15 is 0 Å². The van der Waals surface area contributed by atoms with Crippen molar-refractivity contribution in [3.63, 3.8) is 0 Å². The molecule has 9 N–H and O–H groups in total. The zero-order valence-electron chi connectivity index (χ0n) is 34.8. The largest absolute Gasteiger partial charge is 0.475 e. The molecule has 20 nitrogen and oxygen atoms in total. The lowest BCUT2D eigenvalue weighted by molar-refractivity contribution is -0.172. The third-order valence-corrected chi connectivity index (χ3v) is 9.10. The molecule has 0 aromatic heterocycles. The van der Waals surface area contributed by atoms with Crippen molar-refractivity contribution >= 4 is 54.9 Å². The molecule has 1 aromatic carbocycles. The van der Waals surface area contributed by atoms with Crippen LogP contribution in [-0.2, 0) is 49.6 Å². The lowest BCUT2D eigenvalue weighted by atomic mass is 9.93. The number of carbonyl (C=O) groups excluding carboxylic acids is 6. The number of ether oxygens (including phenoxy) is 4. The highest BCUT2D eigenvalue weighted by molar-refractivity contribution is 6.55. The Kier molecular flexibility index (Phi) is 18.1. The standard InChI is InChI=1S/C39H57BN6O14/c1-38(2,3)58-21-39(4,5)36(55)44-14-7-6-9-23(45-33(52)25(19-41)46-29(48)12-13-30(46)49)32(51)43-16-8-15-42-24-17-22(20-57-37(40)56)10-11-27(24)59-35-31(50)26(47)18-28(60-35)34(53)54/h10-13,17-18,23,25-26,31,35,42,47,50H,6-9,14-16,19-21,40-41H2,1-5H3,(H,43,51)(H,44,55)(H,45,52)(H,53,54)/t23-,25?,26?,31+,35+/m0/s1. The number of anilines is 1. The van der Waals surface area contributed by atoms with E-state index < -0.39 is 82.8 Å². The van der Waals surface area contributed by atoms with Gasteiger partial charge in [-0.25, -0.2) is 4.79 Å². The van der Waals surface area contributed by atoms with Gasteiger partial charge in [0.2, 0.25) is 37.2 Å². The first kappa shape index (κ1) is 48.9. The normalized spacial score (nSPS) is 18.8. The van der Waals surface area contributed by atoms with Crippen LogP contribution in [0.1, 0.15) is 65.9 Å². The summed E-state index contributed by atoms with van der Waals surface area (Å²) in [6, 6.07) is 2.16. The second kappa shape index (κ2) is 22.2. The molecule has 0 fully saturated rings. The number of aliphatic carboxylic acids is 1. The Hall–Kier alpha value is -5.51. The van der Waals surface area contributed by atoms with Crippen molar-refractivity contribution in [2.45, 2.75) is 103 Å². The molecule has 2 aliphatic rings. The molecule has 21 heteroatoms. The summed E-state index contributed by atoms with van der Waals surface area (Å²) in [5, 5.41) is 41.3. The SMILES string of the molecule is BC(=O)OCc1ccc(O[C@@H]2OC(C(=O)O)=CC(O)[C@H]2O)c(NCCCNC(=O)[C@H](CCCCNC(=O)C(C)(C)COC(C)(C)C)NC(=O)C(CN)N2C(=O)C=CC2=O)c1. The van der Waals surface area contributed by atoms with E-state index in [9.17, 15) is 48.9 Å². The number of carboxylic acids is 1. The van der Waals surface area contributed by atoms with E-state index in [1.165, 1.54) is 13.9 Å². The van der Waals surface area contributed by atoms with Gasteiger partial charge in [-0.2, -0.15) is 0 Å². The number of imide groups is 1. The van der Waals surface area contributed by atoms with Crippen LogP contribution in [0.4, 0.5) is 10.5 Å². The lowest BCUT2D eigenvalue weighted by Gasteiger charge is -2.31. The highest BCUT2D eigenvalue weighted by Crippen LogP contribution is 2.30. The molecule has 1 aromatic rings. The number of hydrogen-bond acceptors (Lipinski definition) is 15. The Morgan fingerprint density at radius 1 is 0.950 bits per heavy atom. The molecule has 60 heavy (non-hydrogen) atoms. The van der Waals surface area contributed by atoms with Gasteiger partial charge in [0.25, 0.3) is 18.1 Å². The van der Waals surface area contributed by atoms with Crippen LogP contribution in [0.3, 0.4) is 0 Å². The molecule has 5 amide bonds. The second-order valence-electron chi connectivity index (χ2n) is 15.8. The van der Waals surface area contributed by atoms with Gasteiger partial charge in [-0.1, -0.05) is 6.07 Å². The number of aliphatic hydroxyl groups excluding tert-OH is 2. The Labute approximate surface area is 349 Å². The molecule has 3 rings (SSSR count). The number of rotatable bonds is 23. The van der Waals surface area contributed by atoms with E-state index in [0.717, 1.165) is 23.1 Å². The molecule has 2 unspecified atom stereocenters. The number of unbranched alkanes of at least 4 members (excludes halogenated alkanes) is 1. The van der Waals surface area contributed by atoms with Crippen molar-refractivity contribution in [3.05, 3.63) is 47.7 Å². The Balaban J connectivity index is 1.65. The number of benzene rings is 1. The summed E-state index contributed by atoms with van der Waals surface area (Å²) in [4.78, 5) is 88.0.